The smallest absolute Gasteiger partial charge is 0.252 e. The van der Waals surface area contributed by atoms with Crippen LogP contribution in [-0.2, 0) is 0 Å². The van der Waals surface area contributed by atoms with Gasteiger partial charge in [-0.15, -0.1) is 0 Å². The second-order valence-electron chi connectivity index (χ2n) is 5.06. The Bertz CT molecular complexity index is 676. The van der Waals surface area contributed by atoms with Crippen molar-refractivity contribution >= 4 is 29.1 Å². The summed E-state index contributed by atoms with van der Waals surface area (Å²) in [5, 5.41) is 3.49. The van der Waals surface area contributed by atoms with Crippen molar-refractivity contribution in [2.45, 2.75) is 19.4 Å². The van der Waals surface area contributed by atoms with Gasteiger partial charge in [-0.1, -0.05) is 29.3 Å². The van der Waals surface area contributed by atoms with Crippen LogP contribution in [0.4, 0.5) is 0 Å². The van der Waals surface area contributed by atoms with Crippen LogP contribution in [0.15, 0.2) is 36.5 Å². The van der Waals surface area contributed by atoms with Crippen LogP contribution in [0.3, 0.4) is 0 Å². The summed E-state index contributed by atoms with van der Waals surface area (Å²) in [6, 6.07) is 8.35. The summed E-state index contributed by atoms with van der Waals surface area (Å²) in [6.45, 7) is 2.41. The topological polar surface area (TPSA) is 77.2 Å². The van der Waals surface area contributed by atoms with E-state index in [-0.39, 0.29) is 11.9 Å². The Morgan fingerprint density at radius 3 is 2.78 bits per heavy atom. The summed E-state index contributed by atoms with van der Waals surface area (Å²) >= 11 is 12.0. The highest BCUT2D eigenvalue weighted by molar-refractivity contribution is 6.42. The Labute approximate surface area is 144 Å². The fraction of sp³-hybridized carbons (Fsp3) is 0.250. The van der Waals surface area contributed by atoms with Gasteiger partial charge >= 0.3 is 0 Å². The van der Waals surface area contributed by atoms with Crippen LogP contribution in [0.1, 0.15) is 23.7 Å². The van der Waals surface area contributed by atoms with Crippen LogP contribution < -0.4 is 15.8 Å². The molecule has 0 aliphatic rings. The number of carbonyl (C=O) groups excluding carboxylic acids is 1. The van der Waals surface area contributed by atoms with Crippen molar-refractivity contribution in [2.75, 3.05) is 6.54 Å². The first-order valence-electron chi connectivity index (χ1n) is 7.09. The normalized spacial score (nSPS) is 11.8. The lowest BCUT2D eigenvalue weighted by molar-refractivity contribution is 0.0952. The number of pyridine rings is 1. The molecule has 0 saturated heterocycles. The molecule has 3 N–H and O–H groups in total. The maximum atomic E-state index is 11.9. The molecule has 5 nitrogen and oxygen atoms in total. The van der Waals surface area contributed by atoms with E-state index in [1.807, 2.05) is 6.92 Å². The molecule has 122 valence electrons. The zero-order valence-corrected chi connectivity index (χ0v) is 14.1. The Balaban J connectivity index is 1.99. The molecule has 2 rings (SSSR count). The number of rotatable bonds is 6. The number of aromatic nitrogens is 1. The van der Waals surface area contributed by atoms with Gasteiger partial charge < -0.3 is 15.8 Å². The van der Waals surface area contributed by atoms with E-state index >= 15 is 0 Å². The van der Waals surface area contributed by atoms with Gasteiger partial charge in [0.25, 0.3) is 5.91 Å². The summed E-state index contributed by atoms with van der Waals surface area (Å²) in [5.41, 5.74) is 6.08. The molecule has 0 bridgehead atoms. The average molecular weight is 354 g/mol. The van der Waals surface area contributed by atoms with E-state index in [4.69, 9.17) is 33.7 Å². The summed E-state index contributed by atoms with van der Waals surface area (Å²) < 4.78 is 5.56. The quantitative estimate of drug-likeness (QED) is 0.830. The Morgan fingerprint density at radius 2 is 2.13 bits per heavy atom. The number of carbonyl (C=O) groups is 1. The fourth-order valence-corrected chi connectivity index (χ4v) is 2.10. The van der Waals surface area contributed by atoms with Crippen LogP contribution in [0, 0.1) is 0 Å². The molecule has 1 unspecified atom stereocenters. The van der Waals surface area contributed by atoms with Crippen molar-refractivity contribution in [3.8, 4) is 11.6 Å². The molecule has 0 aliphatic carbocycles. The summed E-state index contributed by atoms with van der Waals surface area (Å²) in [6.07, 6.45) is 2.16. The molecular weight excluding hydrogens is 337 g/mol. The summed E-state index contributed by atoms with van der Waals surface area (Å²) in [4.78, 5) is 16.0. The van der Waals surface area contributed by atoms with E-state index in [1.54, 1.807) is 30.3 Å². The van der Waals surface area contributed by atoms with Gasteiger partial charge in [0.2, 0.25) is 5.88 Å². The van der Waals surface area contributed by atoms with Crippen molar-refractivity contribution in [2.24, 2.45) is 5.73 Å². The molecule has 23 heavy (non-hydrogen) atoms. The first-order valence-corrected chi connectivity index (χ1v) is 7.84. The van der Waals surface area contributed by atoms with Gasteiger partial charge in [0.15, 0.2) is 0 Å². The highest BCUT2D eigenvalue weighted by atomic mass is 35.5. The van der Waals surface area contributed by atoms with Gasteiger partial charge in [0.05, 0.1) is 10.6 Å². The second kappa shape index (κ2) is 8.15. The minimum Gasteiger partial charge on any atom is -0.437 e. The van der Waals surface area contributed by atoms with Gasteiger partial charge in [-0.3, -0.25) is 4.79 Å². The van der Waals surface area contributed by atoms with Crippen molar-refractivity contribution < 1.29 is 9.53 Å². The summed E-state index contributed by atoms with van der Waals surface area (Å²) in [5.74, 6) is 0.521. The third-order valence-corrected chi connectivity index (χ3v) is 3.82. The third-order valence-electron chi connectivity index (χ3n) is 3.01. The fourth-order valence-electron chi connectivity index (χ4n) is 1.77. The van der Waals surface area contributed by atoms with Crippen LogP contribution in [0.25, 0.3) is 0 Å². The molecule has 0 saturated carbocycles. The van der Waals surface area contributed by atoms with E-state index in [0.717, 1.165) is 0 Å². The molecule has 7 heteroatoms. The van der Waals surface area contributed by atoms with Gasteiger partial charge in [-0.25, -0.2) is 4.98 Å². The first kappa shape index (κ1) is 17.5. The Kier molecular flexibility index (Phi) is 6.21. The largest absolute Gasteiger partial charge is 0.437 e. The highest BCUT2D eigenvalue weighted by Gasteiger charge is 2.09. The minimum atomic E-state index is -0.203. The zero-order chi connectivity index (χ0) is 16.8. The third kappa shape index (κ3) is 5.10. The van der Waals surface area contributed by atoms with Crippen molar-refractivity contribution in [3.63, 3.8) is 0 Å². The predicted molar refractivity (Wildman–Crippen MR) is 91.4 cm³/mol. The zero-order valence-electron chi connectivity index (χ0n) is 12.6. The second-order valence-corrected chi connectivity index (χ2v) is 5.85. The van der Waals surface area contributed by atoms with E-state index in [2.05, 4.69) is 10.3 Å². The van der Waals surface area contributed by atoms with E-state index in [1.165, 1.54) is 6.20 Å². The standard InChI is InChI=1S/C16H17Cl2N3O2/c1-10(19)7-8-20-16(22)11-5-6-14(21-9-11)23-13-4-2-3-12(17)15(13)18/h2-6,9-10H,7-8,19H2,1H3,(H,20,22). The maximum absolute atomic E-state index is 11.9. The SMILES string of the molecule is CC(N)CCNC(=O)c1ccc(Oc2cccc(Cl)c2Cl)nc1. The van der Waals surface area contributed by atoms with Gasteiger partial charge in [-0.2, -0.15) is 0 Å². The monoisotopic (exact) mass is 353 g/mol. The molecule has 1 heterocycles. The number of ether oxygens (including phenoxy) is 1. The van der Waals surface area contributed by atoms with Gasteiger partial charge in [0.1, 0.15) is 10.8 Å². The van der Waals surface area contributed by atoms with Crippen molar-refractivity contribution in [1.82, 2.24) is 10.3 Å². The molecule has 1 aromatic carbocycles. The summed E-state index contributed by atoms with van der Waals surface area (Å²) in [7, 11) is 0. The molecule has 1 amide bonds. The lowest BCUT2D eigenvalue weighted by Crippen LogP contribution is -2.28. The van der Waals surface area contributed by atoms with E-state index in [9.17, 15) is 4.79 Å². The molecule has 2 aromatic rings. The molecular formula is C16H17Cl2N3O2. The molecule has 0 aliphatic heterocycles. The van der Waals surface area contributed by atoms with Crippen LogP contribution >= 0.6 is 23.2 Å². The average Bonchev–Trinajstić information content (AvgIpc) is 2.52. The molecule has 0 spiro atoms. The molecule has 0 fully saturated rings. The number of amides is 1. The highest BCUT2D eigenvalue weighted by Crippen LogP contribution is 2.33. The van der Waals surface area contributed by atoms with Gasteiger partial charge in [0, 0.05) is 24.8 Å². The number of halogens is 2. The number of hydrogen-bond donors (Lipinski definition) is 2. The molecule has 0 radical (unpaired) electrons. The number of nitrogens with one attached hydrogen (secondary N) is 1. The number of hydrogen-bond acceptors (Lipinski definition) is 4. The van der Waals surface area contributed by atoms with Crippen LogP contribution in [0.2, 0.25) is 10.0 Å². The first-order chi connectivity index (χ1) is 11.0. The maximum Gasteiger partial charge on any atom is 0.252 e. The van der Waals surface area contributed by atoms with Crippen LogP contribution in [0.5, 0.6) is 11.6 Å². The Hall–Kier alpha value is -1.82. The van der Waals surface area contributed by atoms with Crippen molar-refractivity contribution in [3.05, 3.63) is 52.1 Å². The lowest BCUT2D eigenvalue weighted by Gasteiger charge is -2.09. The number of benzene rings is 1. The molecule has 1 aromatic heterocycles. The number of nitrogens with two attached hydrogens (primary N) is 1. The number of nitrogens with zero attached hydrogens (tertiary/aromatic N) is 1. The van der Waals surface area contributed by atoms with Crippen LogP contribution in [-0.4, -0.2) is 23.5 Å². The minimum absolute atomic E-state index is 0.0478. The molecule has 1 atom stereocenters. The van der Waals surface area contributed by atoms with Gasteiger partial charge in [-0.05, 0) is 31.5 Å². The van der Waals surface area contributed by atoms with E-state index in [0.29, 0.717) is 40.2 Å². The Morgan fingerprint density at radius 1 is 1.35 bits per heavy atom. The lowest BCUT2D eigenvalue weighted by atomic mass is 10.2. The van der Waals surface area contributed by atoms with E-state index < -0.39 is 0 Å². The predicted octanol–water partition coefficient (Wildman–Crippen LogP) is 3.65. The van der Waals surface area contributed by atoms with Crippen molar-refractivity contribution in [1.29, 1.82) is 0 Å².